The third-order valence-electron chi connectivity index (χ3n) is 5.22. The Kier molecular flexibility index (Phi) is 2.04. The Morgan fingerprint density at radius 3 is 2.00 bits per heavy atom. The molecule has 0 radical (unpaired) electrons. The molecular formula is C13H19NO. The van der Waals surface area contributed by atoms with Gasteiger partial charge in [-0.1, -0.05) is 0 Å². The van der Waals surface area contributed by atoms with Crippen molar-refractivity contribution in [2.75, 3.05) is 0 Å². The van der Waals surface area contributed by atoms with Crippen molar-refractivity contribution in [1.82, 2.24) is 0 Å². The van der Waals surface area contributed by atoms with E-state index in [1.165, 1.54) is 38.5 Å². The van der Waals surface area contributed by atoms with E-state index in [4.69, 9.17) is 0 Å². The predicted octanol–water partition coefficient (Wildman–Crippen LogP) is 2.93. The predicted molar refractivity (Wildman–Crippen MR) is 58.2 cm³/mol. The maximum atomic E-state index is 10.4. The standard InChI is InChI=1S/C13H19NO/c1-9(14-8-15)13-5-10-2-11(6-13)4-12(3-10)7-13/h9-12H,2-7H2,1H3. The summed E-state index contributed by atoms with van der Waals surface area (Å²) in [7, 11) is 0. The minimum atomic E-state index is 0.211. The molecule has 0 amide bonds. The number of hydrogen-bond donors (Lipinski definition) is 0. The van der Waals surface area contributed by atoms with Gasteiger partial charge in [-0.25, -0.2) is 9.79 Å². The van der Waals surface area contributed by atoms with Crippen molar-refractivity contribution in [1.29, 1.82) is 0 Å². The van der Waals surface area contributed by atoms with E-state index in [0.29, 0.717) is 5.41 Å². The fourth-order valence-electron chi connectivity index (χ4n) is 4.91. The Balaban J connectivity index is 1.89. The summed E-state index contributed by atoms with van der Waals surface area (Å²) in [6.07, 6.45) is 10.1. The highest BCUT2D eigenvalue weighted by atomic mass is 16.1. The van der Waals surface area contributed by atoms with Crippen LogP contribution in [0.15, 0.2) is 4.99 Å². The van der Waals surface area contributed by atoms with E-state index >= 15 is 0 Å². The van der Waals surface area contributed by atoms with Gasteiger partial charge in [-0.3, -0.25) is 0 Å². The van der Waals surface area contributed by atoms with Crippen LogP contribution in [-0.2, 0) is 4.79 Å². The van der Waals surface area contributed by atoms with Crippen LogP contribution in [0.4, 0.5) is 0 Å². The third-order valence-corrected chi connectivity index (χ3v) is 5.22. The van der Waals surface area contributed by atoms with Crippen molar-refractivity contribution in [3.05, 3.63) is 0 Å². The van der Waals surface area contributed by atoms with Crippen LogP contribution in [0.1, 0.15) is 45.4 Å². The number of isocyanates is 1. The van der Waals surface area contributed by atoms with Gasteiger partial charge in [-0.15, -0.1) is 0 Å². The third kappa shape index (κ3) is 1.38. The highest BCUT2D eigenvalue weighted by Crippen LogP contribution is 2.61. The molecule has 4 fully saturated rings. The second-order valence-electron chi connectivity index (χ2n) is 6.18. The average Bonchev–Trinajstić information content (AvgIpc) is 2.15. The number of hydrogen-bond acceptors (Lipinski definition) is 2. The Labute approximate surface area is 91.2 Å². The number of carbonyl (C=O) groups excluding carboxylic acids is 1. The lowest BCUT2D eigenvalue weighted by molar-refractivity contribution is -0.0632. The van der Waals surface area contributed by atoms with Crippen LogP contribution < -0.4 is 0 Å². The van der Waals surface area contributed by atoms with E-state index < -0.39 is 0 Å². The molecule has 15 heavy (non-hydrogen) atoms. The Morgan fingerprint density at radius 1 is 1.13 bits per heavy atom. The highest BCUT2D eigenvalue weighted by molar-refractivity contribution is 5.34. The molecule has 4 rings (SSSR count). The summed E-state index contributed by atoms with van der Waals surface area (Å²) >= 11 is 0. The molecular weight excluding hydrogens is 186 g/mol. The Bertz CT molecular complexity index is 281. The van der Waals surface area contributed by atoms with Gasteiger partial charge in [0, 0.05) is 0 Å². The Morgan fingerprint density at radius 2 is 1.60 bits per heavy atom. The van der Waals surface area contributed by atoms with Crippen LogP contribution in [0, 0.1) is 23.2 Å². The van der Waals surface area contributed by atoms with Crippen molar-refractivity contribution < 1.29 is 4.79 Å². The second-order valence-corrected chi connectivity index (χ2v) is 6.18. The van der Waals surface area contributed by atoms with Crippen LogP contribution in [-0.4, -0.2) is 12.1 Å². The van der Waals surface area contributed by atoms with E-state index in [-0.39, 0.29) is 6.04 Å². The maximum absolute atomic E-state index is 10.4. The zero-order valence-corrected chi connectivity index (χ0v) is 9.41. The van der Waals surface area contributed by atoms with Gasteiger partial charge in [-0.05, 0) is 68.6 Å². The molecule has 4 saturated carbocycles. The molecule has 4 aliphatic rings. The van der Waals surface area contributed by atoms with Crippen LogP contribution >= 0.6 is 0 Å². The van der Waals surface area contributed by atoms with Crippen LogP contribution in [0.25, 0.3) is 0 Å². The highest BCUT2D eigenvalue weighted by Gasteiger charge is 2.53. The van der Waals surface area contributed by atoms with E-state index in [1.54, 1.807) is 6.08 Å². The molecule has 82 valence electrons. The number of nitrogens with zero attached hydrogens (tertiary/aromatic N) is 1. The monoisotopic (exact) mass is 205 g/mol. The quantitative estimate of drug-likeness (QED) is 0.503. The summed E-state index contributed by atoms with van der Waals surface area (Å²) in [5.74, 6) is 2.83. The molecule has 2 heteroatoms. The van der Waals surface area contributed by atoms with Gasteiger partial charge < -0.3 is 0 Å². The SMILES string of the molecule is CC(N=C=O)C12CC3CC(CC(C3)C1)C2. The summed E-state index contributed by atoms with van der Waals surface area (Å²) in [6.45, 7) is 2.12. The molecule has 1 unspecified atom stereocenters. The van der Waals surface area contributed by atoms with Crippen molar-refractivity contribution in [2.24, 2.45) is 28.2 Å². The molecule has 0 N–H and O–H groups in total. The lowest BCUT2D eigenvalue weighted by Gasteiger charge is -2.58. The van der Waals surface area contributed by atoms with Crippen LogP contribution in [0.2, 0.25) is 0 Å². The number of rotatable bonds is 2. The van der Waals surface area contributed by atoms with Crippen LogP contribution in [0.5, 0.6) is 0 Å². The average molecular weight is 205 g/mol. The fourth-order valence-corrected chi connectivity index (χ4v) is 4.91. The number of aliphatic imine (C=N–C) groups is 1. The first-order valence-corrected chi connectivity index (χ1v) is 6.29. The van der Waals surface area contributed by atoms with Gasteiger partial charge >= 0.3 is 0 Å². The van der Waals surface area contributed by atoms with Gasteiger partial charge in [0.2, 0.25) is 6.08 Å². The lowest BCUT2D eigenvalue weighted by Crippen LogP contribution is -2.50. The van der Waals surface area contributed by atoms with E-state index in [1.807, 2.05) is 0 Å². The lowest BCUT2D eigenvalue weighted by atomic mass is 9.48. The van der Waals surface area contributed by atoms with E-state index in [0.717, 1.165) is 17.8 Å². The smallest absolute Gasteiger partial charge is 0.211 e. The molecule has 2 nitrogen and oxygen atoms in total. The summed E-state index contributed by atoms with van der Waals surface area (Å²) in [5.41, 5.74) is 0.381. The molecule has 4 aliphatic carbocycles. The summed E-state index contributed by atoms with van der Waals surface area (Å²) in [6, 6.07) is 0.211. The van der Waals surface area contributed by atoms with Gasteiger partial charge in [0.1, 0.15) is 0 Å². The minimum Gasteiger partial charge on any atom is -0.211 e. The summed E-state index contributed by atoms with van der Waals surface area (Å²) < 4.78 is 0. The fraction of sp³-hybridized carbons (Fsp3) is 0.923. The van der Waals surface area contributed by atoms with E-state index in [9.17, 15) is 4.79 Å². The normalized spacial score (nSPS) is 48.7. The summed E-state index contributed by atoms with van der Waals surface area (Å²) in [5, 5.41) is 0. The molecule has 4 bridgehead atoms. The van der Waals surface area contributed by atoms with Gasteiger partial charge in [0.05, 0.1) is 6.04 Å². The molecule has 0 aromatic heterocycles. The molecule has 1 atom stereocenters. The second kappa shape index (κ2) is 3.18. The van der Waals surface area contributed by atoms with E-state index in [2.05, 4.69) is 11.9 Å². The van der Waals surface area contributed by atoms with Crippen molar-refractivity contribution >= 4 is 6.08 Å². The van der Waals surface area contributed by atoms with Gasteiger partial charge in [0.25, 0.3) is 0 Å². The molecule has 0 spiro atoms. The first kappa shape index (κ1) is 9.59. The topological polar surface area (TPSA) is 29.4 Å². The van der Waals surface area contributed by atoms with Crippen LogP contribution in [0.3, 0.4) is 0 Å². The van der Waals surface area contributed by atoms with Crippen molar-refractivity contribution in [3.8, 4) is 0 Å². The zero-order valence-electron chi connectivity index (χ0n) is 9.41. The van der Waals surface area contributed by atoms with Crippen molar-refractivity contribution in [3.63, 3.8) is 0 Å². The maximum Gasteiger partial charge on any atom is 0.235 e. The molecule has 0 aromatic rings. The first-order valence-electron chi connectivity index (χ1n) is 6.29. The van der Waals surface area contributed by atoms with Gasteiger partial charge in [0.15, 0.2) is 0 Å². The largest absolute Gasteiger partial charge is 0.235 e. The van der Waals surface area contributed by atoms with Gasteiger partial charge in [-0.2, -0.15) is 0 Å². The zero-order chi connectivity index (χ0) is 10.5. The molecule has 0 heterocycles. The first-order chi connectivity index (χ1) is 7.22. The molecule has 0 aromatic carbocycles. The Hall–Kier alpha value is -0.620. The summed E-state index contributed by atoms with van der Waals surface area (Å²) in [4.78, 5) is 14.4. The van der Waals surface area contributed by atoms with Crippen molar-refractivity contribution in [2.45, 2.75) is 51.5 Å². The molecule has 0 aliphatic heterocycles. The minimum absolute atomic E-state index is 0.211. The molecule has 0 saturated heterocycles.